The zero-order valence-corrected chi connectivity index (χ0v) is 6.79. The highest BCUT2D eigenvalue weighted by molar-refractivity contribution is 5.82. The molecule has 60 valence electrons. The van der Waals surface area contributed by atoms with Crippen molar-refractivity contribution >= 4 is 5.91 Å². The molecular weight excluding hydrogens is 138 g/mol. The summed E-state index contributed by atoms with van der Waals surface area (Å²) in [5.74, 6) is 2.50. The van der Waals surface area contributed by atoms with Gasteiger partial charge in [-0.15, -0.1) is 0 Å². The van der Waals surface area contributed by atoms with Gasteiger partial charge in [0.1, 0.15) is 0 Å². The van der Waals surface area contributed by atoms with Gasteiger partial charge in [-0.05, 0) is 31.1 Å². The molecule has 2 aliphatic carbocycles. The van der Waals surface area contributed by atoms with Gasteiger partial charge in [0.25, 0.3) is 0 Å². The smallest absolute Gasteiger partial charge is 0.226 e. The Labute approximate surface area is 66.6 Å². The van der Waals surface area contributed by atoms with Gasteiger partial charge in [0.2, 0.25) is 5.91 Å². The van der Waals surface area contributed by atoms with Crippen LogP contribution in [0.4, 0.5) is 0 Å². The number of carbonyl (C=O) groups excluding carboxylic acids is 1. The molecule has 11 heavy (non-hydrogen) atoms. The van der Waals surface area contributed by atoms with E-state index >= 15 is 0 Å². The maximum atomic E-state index is 11.5. The van der Waals surface area contributed by atoms with Crippen molar-refractivity contribution in [1.29, 1.82) is 0 Å². The number of hydrogen-bond acceptors (Lipinski definition) is 1. The fourth-order valence-electron chi connectivity index (χ4n) is 3.47. The van der Waals surface area contributed by atoms with Crippen LogP contribution in [0.2, 0.25) is 0 Å². The highest BCUT2D eigenvalue weighted by atomic mass is 16.2. The van der Waals surface area contributed by atoms with E-state index in [1.165, 1.54) is 19.3 Å². The summed E-state index contributed by atoms with van der Waals surface area (Å²) in [6.45, 7) is 0. The van der Waals surface area contributed by atoms with Gasteiger partial charge in [-0.1, -0.05) is 0 Å². The lowest BCUT2D eigenvalue weighted by atomic mass is 9.90. The summed E-state index contributed by atoms with van der Waals surface area (Å²) in [4.78, 5) is 13.6. The maximum Gasteiger partial charge on any atom is 0.226 e. The molecule has 2 saturated carbocycles. The van der Waals surface area contributed by atoms with Gasteiger partial charge in [0.05, 0.1) is 0 Å². The van der Waals surface area contributed by atoms with E-state index in [-0.39, 0.29) is 0 Å². The molecule has 1 saturated heterocycles. The van der Waals surface area contributed by atoms with Crippen molar-refractivity contribution in [2.24, 2.45) is 17.8 Å². The summed E-state index contributed by atoms with van der Waals surface area (Å²) in [5, 5.41) is 0. The summed E-state index contributed by atoms with van der Waals surface area (Å²) >= 11 is 0. The lowest BCUT2D eigenvalue weighted by molar-refractivity contribution is -0.130. The van der Waals surface area contributed by atoms with Crippen LogP contribution in [0.25, 0.3) is 0 Å². The monoisotopic (exact) mass is 151 g/mol. The fraction of sp³-hybridized carbons (Fsp3) is 0.889. The van der Waals surface area contributed by atoms with E-state index in [1.54, 1.807) is 0 Å². The standard InChI is InChI=1S/C9H13NO/c1-10-8-4-5-2-6(8)7(3-5)9(10)11/h5-8H,2-4H2,1H3/t5-,6-,7+,8-/m1/s1. The van der Waals surface area contributed by atoms with Crippen LogP contribution in [-0.4, -0.2) is 23.9 Å². The minimum atomic E-state index is 0.431. The molecule has 3 aliphatic rings. The first-order chi connectivity index (χ1) is 5.27. The van der Waals surface area contributed by atoms with Crippen LogP contribution in [0.3, 0.4) is 0 Å². The normalized spacial score (nSPS) is 52.8. The van der Waals surface area contributed by atoms with Crippen molar-refractivity contribution < 1.29 is 4.79 Å². The van der Waals surface area contributed by atoms with Crippen LogP contribution in [0.1, 0.15) is 19.3 Å². The number of rotatable bonds is 0. The van der Waals surface area contributed by atoms with E-state index in [0.717, 1.165) is 11.8 Å². The van der Waals surface area contributed by atoms with Crippen LogP contribution in [0.15, 0.2) is 0 Å². The van der Waals surface area contributed by atoms with Gasteiger partial charge < -0.3 is 4.90 Å². The largest absolute Gasteiger partial charge is 0.342 e. The van der Waals surface area contributed by atoms with E-state index in [0.29, 0.717) is 17.9 Å². The zero-order chi connectivity index (χ0) is 7.59. The van der Waals surface area contributed by atoms with Crippen LogP contribution >= 0.6 is 0 Å². The zero-order valence-electron chi connectivity index (χ0n) is 6.79. The van der Waals surface area contributed by atoms with E-state index in [9.17, 15) is 4.79 Å². The maximum absolute atomic E-state index is 11.5. The van der Waals surface area contributed by atoms with Gasteiger partial charge in [-0.2, -0.15) is 0 Å². The van der Waals surface area contributed by atoms with Crippen molar-refractivity contribution in [3.63, 3.8) is 0 Å². The van der Waals surface area contributed by atoms with Crippen LogP contribution in [-0.2, 0) is 4.79 Å². The second-order valence-electron chi connectivity index (χ2n) is 4.36. The fourth-order valence-corrected chi connectivity index (χ4v) is 3.47. The predicted octanol–water partition coefficient (Wildman–Crippen LogP) is 0.873. The minimum absolute atomic E-state index is 0.431. The van der Waals surface area contributed by atoms with E-state index in [4.69, 9.17) is 0 Å². The third kappa shape index (κ3) is 0.534. The Bertz CT molecular complexity index is 226. The summed E-state index contributed by atoms with van der Waals surface area (Å²) in [6.07, 6.45) is 3.83. The molecule has 0 radical (unpaired) electrons. The van der Waals surface area contributed by atoms with Crippen LogP contribution < -0.4 is 0 Å². The van der Waals surface area contributed by atoms with Crippen LogP contribution in [0, 0.1) is 17.8 Å². The molecule has 3 rings (SSSR count). The van der Waals surface area contributed by atoms with Gasteiger partial charge in [-0.25, -0.2) is 0 Å². The first kappa shape index (κ1) is 6.04. The molecule has 0 spiro atoms. The third-order valence-corrected chi connectivity index (χ3v) is 3.94. The van der Waals surface area contributed by atoms with Crippen LogP contribution in [0.5, 0.6) is 0 Å². The quantitative estimate of drug-likeness (QED) is 0.503. The predicted molar refractivity (Wildman–Crippen MR) is 40.9 cm³/mol. The van der Waals surface area contributed by atoms with Crippen molar-refractivity contribution in [2.75, 3.05) is 7.05 Å². The molecule has 0 aromatic heterocycles. The number of likely N-dealkylation sites (tertiary alicyclic amines) is 1. The number of fused-ring (bicyclic) bond motifs is 1. The second-order valence-corrected chi connectivity index (χ2v) is 4.36. The Hall–Kier alpha value is -0.530. The van der Waals surface area contributed by atoms with Crippen molar-refractivity contribution in [3.05, 3.63) is 0 Å². The average molecular weight is 151 g/mol. The molecule has 0 unspecified atom stereocenters. The molecular formula is C9H13NO. The Morgan fingerprint density at radius 1 is 1.36 bits per heavy atom. The van der Waals surface area contributed by atoms with E-state index in [1.807, 2.05) is 11.9 Å². The molecule has 0 aromatic carbocycles. The highest BCUT2D eigenvalue weighted by Gasteiger charge is 2.56. The first-order valence-corrected chi connectivity index (χ1v) is 4.54. The molecule has 2 heteroatoms. The summed E-state index contributed by atoms with van der Waals surface area (Å²) in [7, 11) is 1.98. The van der Waals surface area contributed by atoms with Crippen molar-refractivity contribution in [3.8, 4) is 0 Å². The molecule has 0 N–H and O–H groups in total. The topological polar surface area (TPSA) is 20.3 Å². The number of carbonyl (C=O) groups is 1. The SMILES string of the molecule is CN1C(=O)[C@H]2C[C@H]3C[C@H]2[C@H]1C3. The van der Waals surface area contributed by atoms with Gasteiger partial charge in [0.15, 0.2) is 0 Å². The minimum Gasteiger partial charge on any atom is -0.342 e. The second kappa shape index (κ2) is 1.62. The molecule has 1 aliphatic heterocycles. The van der Waals surface area contributed by atoms with E-state index < -0.39 is 0 Å². The summed E-state index contributed by atoms with van der Waals surface area (Å²) in [5.41, 5.74) is 0. The molecule has 0 aromatic rings. The van der Waals surface area contributed by atoms with E-state index in [2.05, 4.69) is 0 Å². The molecule has 2 bridgehead atoms. The van der Waals surface area contributed by atoms with Crippen molar-refractivity contribution in [2.45, 2.75) is 25.3 Å². The Balaban J connectivity index is 2.05. The van der Waals surface area contributed by atoms with Crippen molar-refractivity contribution in [1.82, 2.24) is 4.90 Å². The molecule has 3 fully saturated rings. The number of hydrogen-bond donors (Lipinski definition) is 0. The first-order valence-electron chi connectivity index (χ1n) is 4.54. The highest BCUT2D eigenvalue weighted by Crippen LogP contribution is 2.54. The van der Waals surface area contributed by atoms with Gasteiger partial charge in [0, 0.05) is 19.0 Å². The molecule has 2 nitrogen and oxygen atoms in total. The third-order valence-electron chi connectivity index (χ3n) is 3.94. The Morgan fingerprint density at radius 3 is 2.73 bits per heavy atom. The molecule has 4 atom stereocenters. The molecule has 1 amide bonds. The summed E-state index contributed by atoms with van der Waals surface area (Å²) in [6, 6.07) is 0.631. The van der Waals surface area contributed by atoms with Gasteiger partial charge in [-0.3, -0.25) is 4.79 Å². The number of nitrogens with zero attached hydrogens (tertiary/aromatic N) is 1. The summed E-state index contributed by atoms with van der Waals surface area (Å²) < 4.78 is 0. The molecule has 1 heterocycles. The Morgan fingerprint density at radius 2 is 2.18 bits per heavy atom. The lowest BCUT2D eigenvalue weighted by Crippen LogP contribution is -2.28. The average Bonchev–Trinajstić information content (AvgIpc) is 2.60. The number of amides is 1. The van der Waals surface area contributed by atoms with Gasteiger partial charge >= 0.3 is 0 Å². The lowest BCUT2D eigenvalue weighted by Gasteiger charge is -2.19. The Kier molecular flexibility index (Phi) is 0.890.